The molecule has 1 aliphatic rings. The highest BCUT2D eigenvalue weighted by Gasteiger charge is 2.43. The first-order chi connectivity index (χ1) is 55.4. The van der Waals surface area contributed by atoms with Crippen LogP contribution in [0.3, 0.4) is 0 Å². The fraction of sp³-hybridized carbons (Fsp3) is 0.159. The fourth-order valence-corrected chi connectivity index (χ4v) is 19.5. The third kappa shape index (κ3) is 11.4. The third-order valence-corrected chi connectivity index (χ3v) is 25.1. The van der Waals surface area contributed by atoms with E-state index >= 15 is 0 Å². The van der Waals surface area contributed by atoms with E-state index in [-0.39, 0.29) is 5.41 Å². The fourth-order valence-electron chi connectivity index (χ4n) is 19.5. The Bertz CT molecular complexity index is 7020. The number of para-hydroxylation sites is 3. The monoisotopic (exact) mass is 1450 g/mol. The highest BCUT2D eigenvalue weighted by Crippen LogP contribution is 2.56. The van der Waals surface area contributed by atoms with Crippen LogP contribution in [0.1, 0.15) is 115 Å². The summed E-state index contributed by atoms with van der Waals surface area (Å²) in [6.07, 6.45) is 17.9. The van der Waals surface area contributed by atoms with Gasteiger partial charge in [0.15, 0.2) is 0 Å². The maximum absolute atomic E-state index is 6.44. The van der Waals surface area contributed by atoms with Crippen molar-refractivity contribution in [2.45, 2.75) is 109 Å². The van der Waals surface area contributed by atoms with Gasteiger partial charge in [0, 0.05) is 76.3 Å². The van der Waals surface area contributed by atoms with Crippen molar-refractivity contribution in [2.75, 3.05) is 0 Å². The summed E-state index contributed by atoms with van der Waals surface area (Å²) in [6, 6.07) is 121. The summed E-state index contributed by atoms with van der Waals surface area (Å²) >= 11 is 0. The van der Waals surface area contributed by atoms with E-state index < -0.39 is 0 Å². The van der Waals surface area contributed by atoms with Gasteiger partial charge in [0.05, 0.1) is 33.1 Å². The molecule has 0 N–H and O–H groups in total. The molecule has 0 spiro atoms. The quantitative estimate of drug-likeness (QED) is 0.0635. The van der Waals surface area contributed by atoms with Gasteiger partial charge in [-0.25, -0.2) is 0 Å². The predicted octanol–water partition coefficient (Wildman–Crippen LogP) is 30.9. The number of unbranched alkanes of at least 4 members (excludes halogenated alkanes) is 10. The lowest BCUT2D eigenvalue weighted by molar-refractivity contribution is 0.398. The van der Waals surface area contributed by atoms with E-state index in [1.54, 1.807) is 5.56 Å². The standard InChI is InChI=1S/C107H87N3O2/c1-3-5-7-9-11-25-59-107(60-26-12-10-8-6-4-2)95-66-78(71-29-17-14-18-30-71)39-50-83(95)84-51-40-79(67-96(84)107)72-37-46-80(47-38-72)108-99-52-41-73(70-27-15-13-16-28-70)61-89(99)90-63-76(43-54-100(90)108)77-45-56-102-92(65-77)91-64-75(44-55-101(91)110(102)82-49-58-106-94(69-82)87-33-21-24-36-104(87)112-106)74-42-53-98-88(62-74)85-31-19-22-34-97(85)109(98)81-48-57-105-93(68-81)86-32-20-23-35-103(86)111-105/h13-24,27-58,61-69H,3-12,25-26,59-60H2,1-2H3. The highest BCUT2D eigenvalue weighted by atomic mass is 16.3. The van der Waals surface area contributed by atoms with Gasteiger partial charge in [0.1, 0.15) is 22.3 Å². The second-order valence-electron chi connectivity index (χ2n) is 31.7. The van der Waals surface area contributed by atoms with Gasteiger partial charge in [-0.3, -0.25) is 0 Å². The van der Waals surface area contributed by atoms with Crippen molar-refractivity contribution in [1.29, 1.82) is 0 Å². The van der Waals surface area contributed by atoms with Crippen molar-refractivity contribution in [3.05, 3.63) is 333 Å². The molecule has 5 heteroatoms. The van der Waals surface area contributed by atoms with Gasteiger partial charge in [-0.2, -0.15) is 0 Å². The summed E-state index contributed by atoms with van der Waals surface area (Å²) in [5, 5.41) is 11.7. The van der Waals surface area contributed by atoms with Crippen molar-refractivity contribution in [1.82, 2.24) is 13.7 Å². The van der Waals surface area contributed by atoms with Gasteiger partial charge in [-0.05, 0) is 230 Å². The minimum Gasteiger partial charge on any atom is -0.456 e. The molecule has 0 radical (unpaired) electrons. The lowest BCUT2D eigenvalue weighted by Crippen LogP contribution is -2.25. The van der Waals surface area contributed by atoms with E-state index in [0.717, 1.165) is 99.7 Å². The second kappa shape index (κ2) is 28.0. The number of benzene rings is 15. The summed E-state index contributed by atoms with van der Waals surface area (Å²) < 4.78 is 20.1. The Hall–Kier alpha value is -12.7. The van der Waals surface area contributed by atoms with Crippen LogP contribution in [0, 0.1) is 0 Å². The number of hydrogen-bond donors (Lipinski definition) is 0. The van der Waals surface area contributed by atoms with Crippen LogP contribution < -0.4 is 0 Å². The number of nitrogens with zero attached hydrogens (tertiary/aromatic N) is 3. The molecule has 0 saturated heterocycles. The number of aromatic nitrogens is 3. The van der Waals surface area contributed by atoms with Crippen molar-refractivity contribution < 1.29 is 8.83 Å². The summed E-state index contributed by atoms with van der Waals surface area (Å²) in [6.45, 7) is 4.66. The second-order valence-corrected chi connectivity index (χ2v) is 31.7. The van der Waals surface area contributed by atoms with Crippen molar-refractivity contribution >= 4 is 109 Å². The van der Waals surface area contributed by atoms with Crippen LogP contribution in [0.15, 0.2) is 330 Å². The number of fused-ring (bicyclic) bond motifs is 18. The van der Waals surface area contributed by atoms with Crippen molar-refractivity contribution in [3.8, 4) is 83.8 Å². The molecule has 0 aliphatic heterocycles. The van der Waals surface area contributed by atoms with E-state index in [1.165, 1.54) is 189 Å². The van der Waals surface area contributed by atoms with Crippen LogP contribution in [-0.4, -0.2) is 13.7 Å². The van der Waals surface area contributed by atoms with Crippen LogP contribution in [0.25, 0.3) is 193 Å². The molecule has 0 unspecified atom stereocenters. The number of hydrogen-bond acceptors (Lipinski definition) is 2. The van der Waals surface area contributed by atoms with Gasteiger partial charge >= 0.3 is 0 Å². The van der Waals surface area contributed by atoms with Crippen LogP contribution in [0.5, 0.6) is 0 Å². The molecule has 0 amide bonds. The van der Waals surface area contributed by atoms with Crippen LogP contribution >= 0.6 is 0 Å². The zero-order chi connectivity index (χ0) is 74.4. The SMILES string of the molecule is CCCCCCCCC1(CCCCCCCC)c2cc(-c3ccccc3)ccc2-c2ccc(-c3ccc(-n4c5ccc(-c6ccccc6)cc5c5cc(-c6ccc7c(c6)c6cc(-c8ccc9c(c8)c8ccccc8n9-c8ccc9oc%10ccccc%10c9c8)ccc6n7-c6ccc7oc8ccccc8c7c6)ccc54)cc3)cc21. The molecule has 0 bridgehead atoms. The minimum absolute atomic E-state index is 0.0558. The van der Waals surface area contributed by atoms with Crippen LogP contribution in [0.2, 0.25) is 0 Å². The van der Waals surface area contributed by atoms with Gasteiger partial charge in [0.25, 0.3) is 0 Å². The molecule has 1 aliphatic carbocycles. The molecule has 0 saturated carbocycles. The normalized spacial score (nSPS) is 12.8. The number of rotatable bonds is 22. The predicted molar refractivity (Wildman–Crippen MR) is 473 cm³/mol. The summed E-state index contributed by atoms with van der Waals surface area (Å²) in [4.78, 5) is 0. The first-order valence-corrected chi connectivity index (χ1v) is 41.0. The topological polar surface area (TPSA) is 41.1 Å². The first-order valence-electron chi connectivity index (χ1n) is 41.0. The van der Waals surface area contributed by atoms with E-state index in [9.17, 15) is 0 Å². The maximum Gasteiger partial charge on any atom is 0.135 e. The summed E-state index contributed by atoms with van der Waals surface area (Å²) in [5.41, 5.74) is 31.9. The Labute approximate surface area is 653 Å². The average Bonchev–Trinajstić information content (AvgIpc) is 1.60. The maximum atomic E-state index is 6.44. The smallest absolute Gasteiger partial charge is 0.135 e. The number of furan rings is 2. The molecule has 112 heavy (non-hydrogen) atoms. The first kappa shape index (κ1) is 67.4. The van der Waals surface area contributed by atoms with Crippen molar-refractivity contribution in [2.24, 2.45) is 0 Å². The van der Waals surface area contributed by atoms with E-state index in [4.69, 9.17) is 8.83 Å². The molecule has 542 valence electrons. The molecule has 15 aromatic carbocycles. The molecule has 21 rings (SSSR count). The lowest BCUT2D eigenvalue weighted by atomic mass is 9.70. The average molecular weight is 1450 g/mol. The molecular formula is C107H87N3O2. The Morgan fingerprint density at radius 2 is 0.518 bits per heavy atom. The third-order valence-electron chi connectivity index (χ3n) is 25.1. The molecule has 5 aromatic heterocycles. The van der Waals surface area contributed by atoms with Crippen LogP contribution in [-0.2, 0) is 5.41 Å². The largest absolute Gasteiger partial charge is 0.456 e. The Morgan fingerprint density at radius 3 is 0.955 bits per heavy atom. The molecule has 5 heterocycles. The zero-order valence-electron chi connectivity index (χ0n) is 63.7. The summed E-state index contributed by atoms with van der Waals surface area (Å²) in [7, 11) is 0. The Kier molecular flexibility index (Phi) is 16.9. The molecular weight excluding hydrogens is 1360 g/mol. The van der Waals surface area contributed by atoms with Crippen LogP contribution in [0.4, 0.5) is 0 Å². The van der Waals surface area contributed by atoms with Gasteiger partial charge < -0.3 is 22.5 Å². The molecule has 20 aromatic rings. The van der Waals surface area contributed by atoms with Gasteiger partial charge in [0.2, 0.25) is 0 Å². The highest BCUT2D eigenvalue weighted by molar-refractivity contribution is 6.16. The molecule has 0 fully saturated rings. The van der Waals surface area contributed by atoms with Gasteiger partial charge in [-0.1, -0.05) is 273 Å². The van der Waals surface area contributed by atoms with E-state index in [2.05, 4.69) is 337 Å². The van der Waals surface area contributed by atoms with Crippen molar-refractivity contribution in [3.63, 3.8) is 0 Å². The van der Waals surface area contributed by atoms with E-state index in [1.807, 2.05) is 12.1 Å². The summed E-state index contributed by atoms with van der Waals surface area (Å²) in [5.74, 6) is 0. The zero-order valence-corrected chi connectivity index (χ0v) is 63.7. The molecule has 0 atom stereocenters. The Morgan fingerprint density at radius 1 is 0.214 bits per heavy atom. The van der Waals surface area contributed by atoms with E-state index in [0.29, 0.717) is 0 Å². The Balaban J connectivity index is 0.677. The molecule has 5 nitrogen and oxygen atoms in total. The lowest BCUT2D eigenvalue weighted by Gasteiger charge is -2.33. The minimum atomic E-state index is -0.0558. The van der Waals surface area contributed by atoms with Gasteiger partial charge in [-0.15, -0.1) is 0 Å².